The topological polar surface area (TPSA) is 98.8 Å². The molecule has 162 valence electrons. The Bertz CT molecular complexity index is 869. The number of amides is 1. The van der Waals surface area contributed by atoms with Crippen molar-refractivity contribution in [2.24, 2.45) is 0 Å². The minimum atomic E-state index is -5.82. The van der Waals surface area contributed by atoms with Crippen molar-refractivity contribution in [3.63, 3.8) is 0 Å². The van der Waals surface area contributed by atoms with Crippen molar-refractivity contribution in [3.05, 3.63) is 29.3 Å². The van der Waals surface area contributed by atoms with Gasteiger partial charge in [0.05, 0.1) is 11.7 Å². The molecule has 1 amide bonds. The number of alkyl halides is 3. The summed E-state index contributed by atoms with van der Waals surface area (Å²) in [6.07, 6.45) is 0.00755. The highest BCUT2D eigenvalue weighted by molar-refractivity contribution is 8.19. The van der Waals surface area contributed by atoms with Crippen molar-refractivity contribution in [2.75, 3.05) is 18.6 Å². The van der Waals surface area contributed by atoms with Crippen LogP contribution in [-0.4, -0.2) is 50.5 Å². The molecule has 0 bridgehead atoms. The zero-order chi connectivity index (χ0) is 21.8. The predicted octanol–water partition coefficient (Wildman–Crippen LogP) is 2.61. The van der Waals surface area contributed by atoms with E-state index >= 15 is 0 Å². The number of thioether (sulfide) groups is 2. The molecule has 1 aliphatic rings. The Hall–Kier alpha value is -1.60. The van der Waals surface area contributed by atoms with Crippen LogP contribution in [0.5, 0.6) is 5.75 Å². The Morgan fingerprint density at radius 3 is 2.41 bits per heavy atom. The van der Waals surface area contributed by atoms with Crippen LogP contribution in [0, 0.1) is 0 Å². The van der Waals surface area contributed by atoms with Gasteiger partial charge in [-0.25, -0.2) is 4.79 Å². The first-order chi connectivity index (χ1) is 13.4. The monoisotopic (exact) mass is 473 g/mol. The van der Waals surface area contributed by atoms with Crippen LogP contribution in [0.1, 0.15) is 22.6 Å². The Morgan fingerprint density at radius 2 is 1.90 bits per heavy atom. The van der Waals surface area contributed by atoms with Gasteiger partial charge >= 0.3 is 21.6 Å². The zero-order valence-electron chi connectivity index (χ0n) is 15.3. The van der Waals surface area contributed by atoms with E-state index in [1.54, 1.807) is 0 Å². The first kappa shape index (κ1) is 23.7. The third kappa shape index (κ3) is 6.19. The lowest BCUT2D eigenvalue weighted by molar-refractivity contribution is -0.144. The third-order valence-corrected chi connectivity index (χ3v) is 7.77. The van der Waals surface area contributed by atoms with Gasteiger partial charge in [0.25, 0.3) is 0 Å². The fraction of sp³-hybridized carbons (Fsp3) is 0.500. The van der Waals surface area contributed by atoms with E-state index in [4.69, 9.17) is 0 Å². The second-order valence-corrected chi connectivity index (χ2v) is 10.2. The molecule has 7 nitrogen and oxygen atoms in total. The predicted molar refractivity (Wildman–Crippen MR) is 103 cm³/mol. The second-order valence-electron chi connectivity index (χ2n) is 5.91. The van der Waals surface area contributed by atoms with Crippen LogP contribution >= 0.6 is 23.5 Å². The van der Waals surface area contributed by atoms with Crippen LogP contribution < -0.4 is 9.50 Å². The molecule has 1 aliphatic heterocycles. The molecule has 0 aliphatic carbocycles. The van der Waals surface area contributed by atoms with E-state index in [1.807, 2.05) is 0 Å². The maximum atomic E-state index is 12.7. The minimum Gasteiger partial charge on any atom is -0.467 e. The van der Waals surface area contributed by atoms with E-state index in [0.29, 0.717) is 5.56 Å². The second kappa shape index (κ2) is 9.47. The van der Waals surface area contributed by atoms with E-state index in [9.17, 15) is 31.2 Å². The number of carbonyl (C=O) groups excluding carboxylic acids is 2. The SMILES string of the molecule is COC(=O)[C@H](Cc1ccc(OS(=O)(=O)C(F)(F)F)c(C2SCCS2)c1)NC(C)=O. The van der Waals surface area contributed by atoms with Gasteiger partial charge in [0, 0.05) is 30.4 Å². The van der Waals surface area contributed by atoms with Gasteiger partial charge in [-0.1, -0.05) is 6.07 Å². The van der Waals surface area contributed by atoms with Crippen molar-refractivity contribution in [3.8, 4) is 5.75 Å². The van der Waals surface area contributed by atoms with Crippen molar-refractivity contribution in [1.29, 1.82) is 0 Å². The number of methoxy groups -OCH3 is 1. The number of benzene rings is 1. The third-order valence-electron chi connectivity index (χ3n) is 3.74. The smallest absolute Gasteiger partial charge is 0.467 e. The van der Waals surface area contributed by atoms with E-state index in [-0.39, 0.29) is 16.6 Å². The molecule has 1 heterocycles. The molecule has 0 spiro atoms. The molecule has 1 fully saturated rings. The highest BCUT2D eigenvalue weighted by Crippen LogP contribution is 2.49. The summed E-state index contributed by atoms with van der Waals surface area (Å²) in [6, 6.07) is 2.94. The van der Waals surface area contributed by atoms with E-state index < -0.39 is 39.3 Å². The summed E-state index contributed by atoms with van der Waals surface area (Å²) in [4.78, 5) is 23.2. The van der Waals surface area contributed by atoms with Crippen molar-refractivity contribution in [1.82, 2.24) is 5.32 Å². The molecular formula is C16H18F3NO6S3. The lowest BCUT2D eigenvalue weighted by Gasteiger charge is -2.19. The van der Waals surface area contributed by atoms with Crippen LogP contribution in [0.15, 0.2) is 18.2 Å². The summed E-state index contributed by atoms with van der Waals surface area (Å²) >= 11 is 2.88. The van der Waals surface area contributed by atoms with Crippen LogP contribution in [0.25, 0.3) is 0 Å². The molecule has 2 rings (SSSR count). The minimum absolute atomic E-state index is 0.00755. The number of ether oxygens (including phenoxy) is 1. The number of hydrogen-bond donors (Lipinski definition) is 1. The van der Waals surface area contributed by atoms with Gasteiger partial charge in [-0.3, -0.25) is 4.79 Å². The van der Waals surface area contributed by atoms with Gasteiger partial charge in [0.1, 0.15) is 11.8 Å². The molecule has 0 saturated carbocycles. The van der Waals surface area contributed by atoms with Gasteiger partial charge in [-0.05, 0) is 17.7 Å². The maximum Gasteiger partial charge on any atom is 0.534 e. The first-order valence-electron chi connectivity index (χ1n) is 8.16. The van der Waals surface area contributed by atoms with E-state index in [1.165, 1.54) is 42.6 Å². The van der Waals surface area contributed by atoms with Crippen LogP contribution in [0.4, 0.5) is 13.2 Å². The van der Waals surface area contributed by atoms with Crippen molar-refractivity contribution in [2.45, 2.75) is 29.5 Å². The highest BCUT2D eigenvalue weighted by Gasteiger charge is 2.49. The lowest BCUT2D eigenvalue weighted by Crippen LogP contribution is -2.42. The van der Waals surface area contributed by atoms with Crippen molar-refractivity contribution < 1.29 is 40.1 Å². The largest absolute Gasteiger partial charge is 0.534 e. The highest BCUT2D eigenvalue weighted by atomic mass is 32.2. The van der Waals surface area contributed by atoms with E-state index in [0.717, 1.165) is 24.7 Å². The molecule has 1 saturated heterocycles. The number of nitrogens with one attached hydrogen (secondary N) is 1. The van der Waals surface area contributed by atoms with Crippen LogP contribution in [0.3, 0.4) is 0 Å². The Morgan fingerprint density at radius 1 is 1.28 bits per heavy atom. The van der Waals surface area contributed by atoms with Crippen LogP contribution in [-0.2, 0) is 30.9 Å². The summed E-state index contributed by atoms with van der Waals surface area (Å²) in [5, 5.41) is 2.44. The number of rotatable bonds is 7. The molecule has 29 heavy (non-hydrogen) atoms. The quantitative estimate of drug-likeness (QED) is 0.367. The summed E-state index contributed by atoms with van der Waals surface area (Å²) in [7, 11) is -4.66. The number of esters is 1. The number of carbonyl (C=O) groups is 2. The van der Waals surface area contributed by atoms with Crippen molar-refractivity contribution >= 4 is 45.5 Å². The summed E-state index contributed by atoms with van der Waals surface area (Å²) in [5.74, 6) is -0.0964. The zero-order valence-corrected chi connectivity index (χ0v) is 17.8. The molecule has 1 aromatic rings. The molecule has 1 aromatic carbocycles. The van der Waals surface area contributed by atoms with Gasteiger partial charge in [0.15, 0.2) is 0 Å². The molecule has 1 atom stereocenters. The summed E-state index contributed by atoms with van der Waals surface area (Å²) in [6.45, 7) is 1.23. The van der Waals surface area contributed by atoms with Crippen LogP contribution in [0.2, 0.25) is 0 Å². The fourth-order valence-corrected chi connectivity index (χ4v) is 5.88. The molecule has 0 radical (unpaired) electrons. The molecule has 13 heteroatoms. The average Bonchev–Trinajstić information content (AvgIpc) is 3.14. The molecular weight excluding hydrogens is 455 g/mol. The van der Waals surface area contributed by atoms with Gasteiger partial charge in [-0.2, -0.15) is 21.6 Å². The Labute approximate surface area is 174 Å². The Kier molecular flexibility index (Phi) is 7.74. The maximum absolute atomic E-state index is 12.7. The Balaban J connectivity index is 2.38. The first-order valence-corrected chi connectivity index (χ1v) is 11.7. The summed E-state index contributed by atoms with van der Waals surface area (Å²) in [5.41, 5.74) is -4.80. The van der Waals surface area contributed by atoms with Gasteiger partial charge < -0.3 is 14.2 Å². The summed E-state index contributed by atoms with van der Waals surface area (Å²) < 4.78 is 69.7. The van der Waals surface area contributed by atoms with Gasteiger partial charge in [-0.15, -0.1) is 23.5 Å². The average molecular weight is 474 g/mol. The molecule has 0 unspecified atom stereocenters. The standard InChI is InChI=1S/C16H18F3NO6S3/c1-9(21)20-12(14(22)25-2)8-10-3-4-13(26-29(23,24)16(17,18)19)11(7-10)15-27-5-6-28-15/h3-4,7,12,15H,5-6,8H2,1-2H3,(H,20,21)/t12-/m0/s1. The van der Waals surface area contributed by atoms with Gasteiger partial charge in [0.2, 0.25) is 5.91 Å². The molecule has 0 aromatic heterocycles. The fourth-order valence-electron chi connectivity index (χ4n) is 2.51. The lowest BCUT2D eigenvalue weighted by atomic mass is 10.0. The molecule has 1 N–H and O–H groups in total. The number of halogens is 3. The van der Waals surface area contributed by atoms with E-state index in [2.05, 4.69) is 14.2 Å². The number of hydrogen-bond acceptors (Lipinski definition) is 8. The normalized spacial score (nSPS) is 16.3.